The molecule has 0 unspecified atom stereocenters. The third-order valence-corrected chi connectivity index (χ3v) is 3.97. The lowest BCUT2D eigenvalue weighted by atomic mass is 10.3. The van der Waals surface area contributed by atoms with Crippen molar-refractivity contribution in [3.63, 3.8) is 0 Å². The summed E-state index contributed by atoms with van der Waals surface area (Å²) in [5, 5.41) is 0. The van der Waals surface area contributed by atoms with E-state index in [1.165, 1.54) is 24.3 Å². The van der Waals surface area contributed by atoms with Crippen LogP contribution in [-0.4, -0.2) is 32.0 Å². The van der Waals surface area contributed by atoms with Crippen molar-refractivity contribution in [2.24, 2.45) is 0 Å². The highest BCUT2D eigenvalue weighted by molar-refractivity contribution is 7.89. The van der Waals surface area contributed by atoms with E-state index in [0.29, 0.717) is 0 Å². The van der Waals surface area contributed by atoms with Crippen LogP contribution in [0.1, 0.15) is 0 Å². The first-order valence-electron chi connectivity index (χ1n) is 4.21. The highest BCUT2D eigenvalue weighted by atomic mass is 32.2. The summed E-state index contributed by atoms with van der Waals surface area (Å²) in [4.78, 5) is 0.197. The van der Waals surface area contributed by atoms with E-state index in [4.69, 9.17) is 0 Å². The van der Waals surface area contributed by atoms with Gasteiger partial charge in [0, 0.05) is 13.1 Å². The summed E-state index contributed by atoms with van der Waals surface area (Å²) in [5.41, 5.74) is 0. The maximum Gasteiger partial charge on any atom is 0.243 e. The maximum absolute atomic E-state index is 12.5. The van der Waals surface area contributed by atoms with Crippen LogP contribution in [0.4, 0.5) is 4.39 Å². The molecule has 3 nitrogen and oxygen atoms in total. The van der Waals surface area contributed by atoms with Crippen LogP contribution in [0.2, 0.25) is 0 Å². The first-order valence-corrected chi connectivity index (χ1v) is 5.65. The molecular weight excluding hydrogens is 205 g/mol. The zero-order chi connectivity index (χ0) is 10.2. The van der Waals surface area contributed by atoms with Gasteiger partial charge in [0.2, 0.25) is 10.0 Å². The van der Waals surface area contributed by atoms with Crippen LogP contribution in [0.25, 0.3) is 0 Å². The monoisotopic (exact) mass is 214 g/mol. The number of benzene rings is 1. The molecule has 0 amide bonds. The summed E-state index contributed by atoms with van der Waals surface area (Å²) >= 11 is 0. The molecule has 1 fully saturated rings. The predicted octanol–water partition coefficient (Wildman–Crippen LogP) is 0.829. The molecule has 0 atom stereocenters. The lowest BCUT2D eigenvalue weighted by molar-refractivity contribution is 0.141. The zero-order valence-electron chi connectivity index (χ0n) is 7.35. The fourth-order valence-electron chi connectivity index (χ4n) is 1.28. The zero-order valence-corrected chi connectivity index (χ0v) is 8.17. The Morgan fingerprint density at radius 1 is 1.36 bits per heavy atom. The molecule has 1 heterocycles. The second kappa shape index (κ2) is 3.33. The molecule has 75 valence electrons. The van der Waals surface area contributed by atoms with Crippen molar-refractivity contribution in [1.29, 1.82) is 0 Å². The van der Waals surface area contributed by atoms with Crippen molar-refractivity contribution in [3.8, 4) is 0 Å². The van der Waals surface area contributed by atoms with Gasteiger partial charge < -0.3 is 0 Å². The van der Waals surface area contributed by atoms with Crippen molar-refractivity contribution < 1.29 is 12.8 Å². The molecule has 1 radical (unpaired) electrons. The van der Waals surface area contributed by atoms with Crippen LogP contribution in [0.5, 0.6) is 0 Å². The Labute approximate surface area is 82.2 Å². The Morgan fingerprint density at radius 2 is 1.93 bits per heavy atom. The van der Waals surface area contributed by atoms with Crippen molar-refractivity contribution in [2.45, 2.75) is 11.1 Å². The van der Waals surface area contributed by atoms with Gasteiger partial charge in [-0.25, -0.2) is 12.8 Å². The number of alkyl halides is 1. The van der Waals surface area contributed by atoms with E-state index in [1.54, 1.807) is 0 Å². The quantitative estimate of drug-likeness (QED) is 0.731. The van der Waals surface area contributed by atoms with Gasteiger partial charge in [-0.1, -0.05) is 12.1 Å². The van der Waals surface area contributed by atoms with Crippen molar-refractivity contribution in [3.05, 3.63) is 30.3 Å². The van der Waals surface area contributed by atoms with Gasteiger partial charge in [0.05, 0.1) is 4.90 Å². The summed E-state index contributed by atoms with van der Waals surface area (Å²) in [5.74, 6) is 0. The minimum absolute atomic E-state index is 0.0268. The molecular formula is C9H9FNO2S. The van der Waals surface area contributed by atoms with Crippen molar-refractivity contribution >= 4 is 10.0 Å². The second-order valence-electron chi connectivity index (χ2n) is 3.16. The standard InChI is InChI=1S/C9H9FNO2S/c10-8-6-11(7-8)14(12,13)9-4-2-1-3-5-9/h2-5,8H,6-7H2. The average molecular weight is 214 g/mol. The predicted molar refractivity (Wildman–Crippen MR) is 48.9 cm³/mol. The highest BCUT2D eigenvalue weighted by Gasteiger charge is 2.36. The van der Waals surface area contributed by atoms with Crippen LogP contribution < -0.4 is 0 Å². The van der Waals surface area contributed by atoms with Gasteiger partial charge >= 0.3 is 0 Å². The van der Waals surface area contributed by atoms with E-state index in [2.05, 4.69) is 6.07 Å². The molecule has 14 heavy (non-hydrogen) atoms. The summed E-state index contributed by atoms with van der Waals surface area (Å²) in [6, 6.07) is 8.70. The number of rotatable bonds is 2. The molecule has 1 aliphatic rings. The smallest absolute Gasteiger partial charge is 0.243 e. The largest absolute Gasteiger partial charge is 0.245 e. The Morgan fingerprint density at radius 3 is 2.43 bits per heavy atom. The minimum atomic E-state index is -3.46. The molecule has 1 aromatic carbocycles. The molecule has 0 spiro atoms. The van der Waals surface area contributed by atoms with Gasteiger partial charge in [0.15, 0.2) is 0 Å². The molecule has 0 aliphatic carbocycles. The third kappa shape index (κ3) is 1.53. The summed E-state index contributed by atoms with van der Waals surface area (Å²) in [7, 11) is -3.46. The summed E-state index contributed by atoms with van der Waals surface area (Å²) < 4.78 is 37.0. The first-order chi connectivity index (χ1) is 6.60. The molecule has 2 rings (SSSR count). The number of halogens is 1. The van der Waals surface area contributed by atoms with Crippen LogP contribution >= 0.6 is 0 Å². The van der Waals surface area contributed by atoms with Crippen LogP contribution in [-0.2, 0) is 10.0 Å². The molecule has 0 aromatic heterocycles. The van der Waals surface area contributed by atoms with Crippen molar-refractivity contribution in [2.75, 3.05) is 13.1 Å². The van der Waals surface area contributed by atoms with Crippen LogP contribution in [0.3, 0.4) is 0 Å². The lowest BCUT2D eigenvalue weighted by Crippen LogP contribution is -2.51. The third-order valence-electron chi connectivity index (χ3n) is 2.13. The molecule has 1 aromatic rings. The fourth-order valence-corrected chi connectivity index (χ4v) is 2.77. The first kappa shape index (κ1) is 9.61. The Kier molecular flexibility index (Phi) is 2.28. The van der Waals surface area contributed by atoms with Crippen LogP contribution in [0, 0.1) is 6.07 Å². The maximum atomic E-state index is 12.5. The van der Waals surface area contributed by atoms with Crippen molar-refractivity contribution in [1.82, 2.24) is 4.31 Å². The Hall–Kier alpha value is -0.940. The van der Waals surface area contributed by atoms with E-state index in [1.807, 2.05) is 0 Å². The second-order valence-corrected chi connectivity index (χ2v) is 5.09. The van der Waals surface area contributed by atoms with Gasteiger partial charge in [-0.05, 0) is 18.2 Å². The molecule has 0 N–H and O–H groups in total. The molecule has 1 saturated heterocycles. The SMILES string of the molecule is O=S(=O)(c1cc[c]cc1)N1CC(F)C1. The molecule has 0 bridgehead atoms. The number of nitrogens with zero attached hydrogens (tertiary/aromatic N) is 1. The van der Waals surface area contributed by atoms with E-state index < -0.39 is 16.2 Å². The molecule has 1 aliphatic heterocycles. The number of hydrogen-bond donors (Lipinski definition) is 0. The van der Waals surface area contributed by atoms with Gasteiger partial charge in [-0.2, -0.15) is 4.31 Å². The Balaban J connectivity index is 2.26. The molecule has 5 heteroatoms. The Bertz CT molecular complexity index is 412. The number of sulfonamides is 1. The van der Waals surface area contributed by atoms with E-state index >= 15 is 0 Å². The van der Waals surface area contributed by atoms with E-state index in [-0.39, 0.29) is 18.0 Å². The lowest BCUT2D eigenvalue weighted by Gasteiger charge is -2.32. The summed E-state index contributed by atoms with van der Waals surface area (Å²) in [6.45, 7) is -0.0537. The van der Waals surface area contributed by atoms with Gasteiger partial charge in [-0.3, -0.25) is 0 Å². The topological polar surface area (TPSA) is 37.4 Å². The van der Waals surface area contributed by atoms with E-state index in [9.17, 15) is 12.8 Å². The van der Waals surface area contributed by atoms with Gasteiger partial charge in [-0.15, -0.1) is 0 Å². The van der Waals surface area contributed by atoms with Gasteiger partial charge in [0.1, 0.15) is 6.17 Å². The van der Waals surface area contributed by atoms with E-state index in [0.717, 1.165) is 4.31 Å². The highest BCUT2D eigenvalue weighted by Crippen LogP contribution is 2.22. The van der Waals surface area contributed by atoms with Crippen LogP contribution in [0.15, 0.2) is 29.2 Å². The minimum Gasteiger partial charge on any atom is -0.245 e. The average Bonchev–Trinajstić information content (AvgIpc) is 2.14. The summed E-state index contributed by atoms with van der Waals surface area (Å²) in [6.07, 6.45) is -1.01. The van der Waals surface area contributed by atoms with Gasteiger partial charge in [0.25, 0.3) is 0 Å². The fraction of sp³-hybridized carbons (Fsp3) is 0.333. The molecule has 0 saturated carbocycles. The normalized spacial score (nSPS) is 19.2. The number of hydrogen-bond acceptors (Lipinski definition) is 2.